The van der Waals surface area contributed by atoms with E-state index in [2.05, 4.69) is 28.8 Å². The fraction of sp³-hybridized carbons (Fsp3) is 0.455. The minimum atomic E-state index is 0.257. The summed E-state index contributed by atoms with van der Waals surface area (Å²) in [5.41, 5.74) is 2.36. The molecule has 2 heterocycles. The largest absolute Gasteiger partial charge is 0.305 e. The molecule has 0 aromatic carbocycles. The number of hydrazone groups is 1. The third-order valence-electron chi connectivity index (χ3n) is 2.84. The molecule has 0 fully saturated rings. The maximum Gasteiger partial charge on any atom is 0.128 e. The number of aromatic nitrogens is 1. The topological polar surface area (TPSA) is 31.7 Å². The van der Waals surface area contributed by atoms with Crippen LogP contribution in [0.3, 0.4) is 0 Å². The molecule has 0 bridgehead atoms. The fourth-order valence-corrected chi connectivity index (χ4v) is 1.88. The van der Waals surface area contributed by atoms with E-state index in [1.165, 1.54) is 5.56 Å². The summed E-state index contributed by atoms with van der Waals surface area (Å²) in [6.07, 6.45) is 3.97. The summed E-state index contributed by atoms with van der Waals surface area (Å²) in [7, 11) is 1.99. The first-order valence-electron chi connectivity index (χ1n) is 5.09. The third-order valence-corrected chi connectivity index (χ3v) is 2.84. The van der Waals surface area contributed by atoms with Gasteiger partial charge in [0, 0.05) is 13.2 Å². The Balaban J connectivity index is 2.40. The highest BCUT2D eigenvalue weighted by molar-refractivity contribution is 5.98. The van der Waals surface area contributed by atoms with Crippen molar-refractivity contribution in [2.75, 3.05) is 11.9 Å². The van der Waals surface area contributed by atoms with Crippen molar-refractivity contribution in [3.8, 4) is 0 Å². The van der Waals surface area contributed by atoms with Crippen LogP contribution >= 0.6 is 0 Å². The summed E-state index contributed by atoms with van der Waals surface area (Å²) in [6.45, 7) is 6.24. The van der Waals surface area contributed by atoms with Crippen LogP contribution in [0.1, 0.15) is 19.4 Å². The van der Waals surface area contributed by atoms with Gasteiger partial charge in [-0.05, 0) is 32.4 Å². The Kier molecular flexibility index (Phi) is 2.34. The maximum atomic E-state index is 4.42. The van der Waals surface area contributed by atoms with Gasteiger partial charge in [-0.1, -0.05) is 0 Å². The highest BCUT2D eigenvalue weighted by Gasteiger charge is 2.27. The molecular formula is C11H16N4. The van der Waals surface area contributed by atoms with Gasteiger partial charge in [0.2, 0.25) is 0 Å². The molecule has 0 saturated carbocycles. The van der Waals surface area contributed by atoms with E-state index < -0.39 is 0 Å². The van der Waals surface area contributed by atoms with Crippen LogP contribution in [0, 0.1) is 6.92 Å². The molecule has 1 aliphatic heterocycles. The molecule has 1 atom stereocenters. The number of aryl methyl sites for hydroxylation is 1. The minimum Gasteiger partial charge on any atom is -0.305 e. The molecule has 2 rings (SSSR count). The smallest absolute Gasteiger partial charge is 0.128 e. The molecule has 1 aliphatic rings. The molecule has 0 saturated heterocycles. The maximum absolute atomic E-state index is 4.42. The van der Waals surface area contributed by atoms with Crippen molar-refractivity contribution in [3.63, 3.8) is 0 Å². The van der Waals surface area contributed by atoms with E-state index in [1.807, 2.05) is 37.4 Å². The number of amidine groups is 1. The summed E-state index contributed by atoms with van der Waals surface area (Å²) in [5, 5.41) is 6.38. The average Bonchev–Trinajstić information content (AvgIpc) is 2.43. The molecular weight excluding hydrogens is 188 g/mol. The number of pyridine rings is 1. The second-order valence-corrected chi connectivity index (χ2v) is 3.88. The number of rotatable bonds is 1. The number of hydrogen-bond acceptors (Lipinski definition) is 4. The highest BCUT2D eigenvalue weighted by atomic mass is 15.6. The zero-order chi connectivity index (χ0) is 11.0. The van der Waals surface area contributed by atoms with Gasteiger partial charge in [0.25, 0.3) is 0 Å². The standard InChI is InChI=1S/C11H16N4/c1-8-5-6-12-7-11(8)15-9(2)13-14(4)10(15)3/h5-7,10H,1-4H3. The van der Waals surface area contributed by atoms with Gasteiger partial charge in [-0.2, -0.15) is 5.10 Å². The molecule has 15 heavy (non-hydrogen) atoms. The molecule has 0 radical (unpaired) electrons. The van der Waals surface area contributed by atoms with E-state index in [0.29, 0.717) is 0 Å². The van der Waals surface area contributed by atoms with Crippen LogP contribution in [0.15, 0.2) is 23.6 Å². The summed E-state index contributed by atoms with van der Waals surface area (Å²) in [5.74, 6) is 1.01. The summed E-state index contributed by atoms with van der Waals surface area (Å²) < 4.78 is 0. The molecule has 1 aromatic rings. The van der Waals surface area contributed by atoms with Crippen LogP contribution in [0.4, 0.5) is 5.69 Å². The van der Waals surface area contributed by atoms with E-state index in [0.717, 1.165) is 11.5 Å². The van der Waals surface area contributed by atoms with Crippen molar-refractivity contribution in [2.24, 2.45) is 5.10 Å². The molecule has 4 nitrogen and oxygen atoms in total. The monoisotopic (exact) mass is 204 g/mol. The van der Waals surface area contributed by atoms with Gasteiger partial charge in [0.05, 0.1) is 11.9 Å². The molecule has 0 aliphatic carbocycles. The Morgan fingerprint density at radius 3 is 2.60 bits per heavy atom. The first-order valence-corrected chi connectivity index (χ1v) is 5.09. The Hall–Kier alpha value is -1.58. The van der Waals surface area contributed by atoms with Gasteiger partial charge >= 0.3 is 0 Å². The van der Waals surface area contributed by atoms with E-state index >= 15 is 0 Å². The molecule has 4 heteroatoms. The molecule has 1 unspecified atom stereocenters. The molecule has 1 aromatic heterocycles. The molecule has 0 amide bonds. The number of nitrogens with zero attached hydrogens (tertiary/aromatic N) is 4. The zero-order valence-electron chi connectivity index (χ0n) is 9.60. The van der Waals surface area contributed by atoms with Gasteiger partial charge < -0.3 is 4.90 Å². The Bertz CT molecular complexity index is 399. The van der Waals surface area contributed by atoms with Gasteiger partial charge in [-0.15, -0.1) is 0 Å². The Morgan fingerprint density at radius 2 is 2.07 bits per heavy atom. The van der Waals surface area contributed by atoms with Crippen LogP contribution in [0.5, 0.6) is 0 Å². The minimum absolute atomic E-state index is 0.257. The first kappa shape index (κ1) is 9.96. The van der Waals surface area contributed by atoms with Gasteiger partial charge in [-0.25, -0.2) is 0 Å². The van der Waals surface area contributed by atoms with Crippen molar-refractivity contribution in [2.45, 2.75) is 26.9 Å². The number of anilines is 1. The van der Waals surface area contributed by atoms with Gasteiger partial charge in [-0.3, -0.25) is 9.99 Å². The lowest BCUT2D eigenvalue weighted by Crippen LogP contribution is -2.38. The van der Waals surface area contributed by atoms with Gasteiger partial charge in [0.15, 0.2) is 0 Å². The van der Waals surface area contributed by atoms with Crippen LogP contribution in [-0.4, -0.2) is 29.0 Å². The van der Waals surface area contributed by atoms with Crippen LogP contribution in [-0.2, 0) is 0 Å². The van der Waals surface area contributed by atoms with Crippen molar-refractivity contribution in [1.29, 1.82) is 0 Å². The zero-order valence-corrected chi connectivity index (χ0v) is 9.60. The second-order valence-electron chi connectivity index (χ2n) is 3.88. The van der Waals surface area contributed by atoms with Gasteiger partial charge in [0.1, 0.15) is 12.0 Å². The normalized spacial score (nSPS) is 20.8. The highest BCUT2D eigenvalue weighted by Crippen LogP contribution is 2.25. The SMILES string of the molecule is CC1=NN(C)C(C)N1c1cnccc1C. The summed E-state index contributed by atoms with van der Waals surface area (Å²) >= 11 is 0. The van der Waals surface area contributed by atoms with E-state index in [-0.39, 0.29) is 6.17 Å². The summed E-state index contributed by atoms with van der Waals surface area (Å²) in [6, 6.07) is 2.02. The quantitative estimate of drug-likeness (QED) is 0.699. The lowest BCUT2D eigenvalue weighted by Gasteiger charge is -2.27. The first-order chi connectivity index (χ1) is 7.11. The van der Waals surface area contributed by atoms with E-state index in [9.17, 15) is 0 Å². The Labute approximate surface area is 90.2 Å². The van der Waals surface area contributed by atoms with Crippen LogP contribution in [0.25, 0.3) is 0 Å². The third kappa shape index (κ3) is 1.56. The lowest BCUT2D eigenvalue weighted by atomic mass is 10.2. The molecule has 0 spiro atoms. The second kappa shape index (κ2) is 3.53. The van der Waals surface area contributed by atoms with Crippen molar-refractivity contribution >= 4 is 11.5 Å². The lowest BCUT2D eigenvalue weighted by molar-refractivity contribution is 0.304. The molecule has 0 N–H and O–H groups in total. The van der Waals surface area contributed by atoms with Crippen molar-refractivity contribution in [1.82, 2.24) is 9.99 Å². The van der Waals surface area contributed by atoms with Crippen molar-refractivity contribution in [3.05, 3.63) is 24.0 Å². The average molecular weight is 204 g/mol. The predicted octanol–water partition coefficient (Wildman–Crippen LogP) is 1.82. The Morgan fingerprint density at radius 1 is 1.33 bits per heavy atom. The van der Waals surface area contributed by atoms with Crippen LogP contribution in [0.2, 0.25) is 0 Å². The van der Waals surface area contributed by atoms with E-state index in [4.69, 9.17) is 0 Å². The van der Waals surface area contributed by atoms with Crippen LogP contribution < -0.4 is 4.90 Å². The van der Waals surface area contributed by atoms with E-state index in [1.54, 1.807) is 0 Å². The molecule has 80 valence electrons. The summed E-state index contributed by atoms with van der Waals surface area (Å²) in [4.78, 5) is 6.37. The predicted molar refractivity (Wildman–Crippen MR) is 61.8 cm³/mol. The van der Waals surface area contributed by atoms with Crippen molar-refractivity contribution < 1.29 is 0 Å². The fourth-order valence-electron chi connectivity index (χ4n) is 1.88. The number of hydrogen-bond donors (Lipinski definition) is 0.